The standard InChI is InChI=1S/C29H34N6O6/c1-16-11-12-20(39-10)17(2)22(16)34-23-19(14-33(38)25-21(23)31-15-32(25)9)18(13-30)24(34)35(26(36)40-28(3,4)5)27(37)41-29(6,7)8/h11-12,14-15H,1-10H3. The number of carbonyl (C=O) groups excluding carboxylic acids is 2. The molecule has 2 amide bonds. The van der Waals surface area contributed by atoms with Crippen LogP contribution in [0.2, 0.25) is 0 Å². The number of rotatable bonds is 3. The molecule has 0 N–H and O–H groups in total. The summed E-state index contributed by atoms with van der Waals surface area (Å²) >= 11 is 0. The van der Waals surface area contributed by atoms with Gasteiger partial charge in [0.05, 0.1) is 30.7 Å². The zero-order chi connectivity index (χ0) is 30.6. The highest BCUT2D eigenvalue weighted by Crippen LogP contribution is 2.42. The molecule has 12 heteroatoms. The molecule has 0 bridgehead atoms. The van der Waals surface area contributed by atoms with Gasteiger partial charge in [-0.3, -0.25) is 4.57 Å². The number of imidazole rings is 1. The molecular weight excluding hydrogens is 528 g/mol. The van der Waals surface area contributed by atoms with Crippen molar-refractivity contribution in [2.24, 2.45) is 7.05 Å². The monoisotopic (exact) mass is 562 g/mol. The minimum Gasteiger partial charge on any atom is -0.711 e. The molecule has 0 aliphatic rings. The van der Waals surface area contributed by atoms with Crippen molar-refractivity contribution in [2.75, 3.05) is 12.0 Å². The number of imide groups is 1. The molecule has 0 aliphatic carbocycles. The lowest BCUT2D eigenvalue weighted by Gasteiger charge is -2.30. The number of hydrogen-bond donors (Lipinski definition) is 0. The zero-order valence-electron chi connectivity index (χ0n) is 24.9. The number of aryl methyl sites for hydroxylation is 2. The minimum absolute atomic E-state index is 0.115. The third-order valence-electron chi connectivity index (χ3n) is 6.27. The number of aromatic nitrogens is 4. The van der Waals surface area contributed by atoms with Crippen LogP contribution < -0.4 is 14.4 Å². The van der Waals surface area contributed by atoms with Crippen LogP contribution in [-0.2, 0) is 16.5 Å². The van der Waals surface area contributed by atoms with Crippen LogP contribution in [0.5, 0.6) is 5.75 Å². The number of amides is 2. The Bertz CT molecular complexity index is 1720. The molecule has 4 rings (SSSR count). The van der Waals surface area contributed by atoms with Gasteiger partial charge >= 0.3 is 17.8 Å². The number of anilines is 1. The average molecular weight is 563 g/mol. The number of pyridine rings is 1. The van der Waals surface area contributed by atoms with E-state index in [9.17, 15) is 20.1 Å². The van der Waals surface area contributed by atoms with E-state index in [1.54, 1.807) is 63.8 Å². The third kappa shape index (κ3) is 5.11. The van der Waals surface area contributed by atoms with Crippen molar-refractivity contribution in [1.82, 2.24) is 14.1 Å². The largest absolute Gasteiger partial charge is 0.711 e. The first kappa shape index (κ1) is 29.2. The highest BCUT2D eigenvalue weighted by molar-refractivity contribution is 6.15. The van der Waals surface area contributed by atoms with Crippen molar-refractivity contribution in [1.29, 1.82) is 5.26 Å². The van der Waals surface area contributed by atoms with Crippen molar-refractivity contribution in [2.45, 2.75) is 66.6 Å². The van der Waals surface area contributed by atoms with Crippen LogP contribution in [-0.4, -0.2) is 44.6 Å². The highest BCUT2D eigenvalue weighted by atomic mass is 16.6. The van der Waals surface area contributed by atoms with Crippen LogP contribution in [0.25, 0.3) is 27.8 Å². The molecule has 0 saturated carbocycles. The molecule has 1 aromatic carbocycles. The molecule has 4 aromatic rings. The van der Waals surface area contributed by atoms with Gasteiger partial charge in [-0.1, -0.05) is 6.07 Å². The minimum atomic E-state index is -1.06. The van der Waals surface area contributed by atoms with Gasteiger partial charge in [-0.2, -0.15) is 10.2 Å². The lowest BCUT2D eigenvalue weighted by Crippen LogP contribution is -2.45. The number of methoxy groups -OCH3 is 1. The second-order valence-electron chi connectivity index (χ2n) is 11.7. The maximum atomic E-state index is 13.8. The van der Waals surface area contributed by atoms with Crippen LogP contribution in [0.4, 0.5) is 15.4 Å². The molecule has 216 valence electrons. The van der Waals surface area contributed by atoms with Crippen LogP contribution in [0.3, 0.4) is 0 Å². The second-order valence-corrected chi connectivity index (χ2v) is 11.7. The number of ether oxygens (including phenoxy) is 3. The topological polar surface area (TPSA) is 139 Å². The molecule has 12 nitrogen and oxygen atoms in total. The Kier molecular flexibility index (Phi) is 7.12. The first-order valence-electron chi connectivity index (χ1n) is 12.9. The maximum Gasteiger partial charge on any atom is 0.425 e. The Labute approximate surface area is 237 Å². The van der Waals surface area contributed by atoms with E-state index in [0.717, 1.165) is 5.56 Å². The normalized spacial score (nSPS) is 11.9. The van der Waals surface area contributed by atoms with Gasteiger partial charge in [0.1, 0.15) is 34.8 Å². The Hall–Kier alpha value is -4.79. The molecule has 0 aliphatic heterocycles. The average Bonchev–Trinajstić information content (AvgIpc) is 3.35. The summed E-state index contributed by atoms with van der Waals surface area (Å²) in [5, 5.41) is 23.9. The highest BCUT2D eigenvalue weighted by Gasteiger charge is 2.40. The molecule has 0 unspecified atom stereocenters. The second kappa shape index (κ2) is 9.99. The molecule has 0 saturated heterocycles. The van der Waals surface area contributed by atoms with Crippen LogP contribution >= 0.6 is 0 Å². The summed E-state index contributed by atoms with van der Waals surface area (Å²) in [6.07, 6.45) is 0.604. The summed E-state index contributed by atoms with van der Waals surface area (Å²) in [5.41, 5.74) is 0.646. The fourth-order valence-electron chi connectivity index (χ4n) is 4.75. The number of nitriles is 1. The number of fused-ring (bicyclic) bond motifs is 3. The Morgan fingerprint density at radius 3 is 2.17 bits per heavy atom. The van der Waals surface area contributed by atoms with Gasteiger partial charge in [0, 0.05) is 5.56 Å². The lowest BCUT2D eigenvalue weighted by molar-refractivity contribution is -0.578. The fourth-order valence-corrected chi connectivity index (χ4v) is 4.75. The summed E-state index contributed by atoms with van der Waals surface area (Å²) < 4.78 is 20.6. The van der Waals surface area contributed by atoms with Crippen LogP contribution in [0, 0.1) is 30.4 Å². The molecular formula is C29H34N6O6. The molecule has 0 fully saturated rings. The molecule has 3 heterocycles. The van der Waals surface area contributed by atoms with Crippen LogP contribution in [0.1, 0.15) is 58.2 Å². The van der Waals surface area contributed by atoms with Crippen molar-refractivity contribution in [3.8, 4) is 17.5 Å². The lowest BCUT2D eigenvalue weighted by atomic mass is 10.1. The van der Waals surface area contributed by atoms with E-state index < -0.39 is 23.4 Å². The number of hydrogen-bond acceptors (Lipinski definition) is 8. The smallest absolute Gasteiger partial charge is 0.425 e. The van der Waals surface area contributed by atoms with Gasteiger partial charge in [0.2, 0.25) is 0 Å². The Balaban J connectivity index is 2.28. The SMILES string of the molecule is COc1ccc(C)c(-n2c(N(C(=O)OC(C)(C)C)C(=O)OC(C)(C)C)c(C#N)c3c[n+]([O-])c4c(ncn4C)c32)c1C. The zero-order valence-corrected chi connectivity index (χ0v) is 24.9. The maximum absolute atomic E-state index is 13.8. The van der Waals surface area contributed by atoms with Gasteiger partial charge in [0.25, 0.3) is 0 Å². The molecule has 41 heavy (non-hydrogen) atoms. The van der Waals surface area contributed by atoms with E-state index in [4.69, 9.17) is 14.2 Å². The summed E-state index contributed by atoms with van der Waals surface area (Å²) in [6, 6.07) is 5.73. The van der Waals surface area contributed by atoms with Gasteiger partial charge in [-0.05, 0) is 67.0 Å². The van der Waals surface area contributed by atoms with Gasteiger partial charge in [-0.25, -0.2) is 23.9 Å². The predicted molar refractivity (Wildman–Crippen MR) is 152 cm³/mol. The van der Waals surface area contributed by atoms with Crippen molar-refractivity contribution >= 4 is 40.1 Å². The number of carbonyl (C=O) groups is 2. The van der Waals surface area contributed by atoms with Gasteiger partial charge < -0.3 is 19.4 Å². The quantitative estimate of drug-likeness (QED) is 0.241. The first-order valence-corrected chi connectivity index (χ1v) is 12.9. The summed E-state index contributed by atoms with van der Waals surface area (Å²) in [6.45, 7) is 13.6. The molecule has 0 atom stereocenters. The van der Waals surface area contributed by atoms with Gasteiger partial charge in [-0.15, -0.1) is 0 Å². The molecule has 0 radical (unpaired) electrons. The first-order chi connectivity index (χ1) is 19.0. The molecule has 0 spiro atoms. The number of nitrogens with zero attached hydrogens (tertiary/aromatic N) is 6. The fraction of sp³-hybridized carbons (Fsp3) is 0.414. The Morgan fingerprint density at radius 1 is 1.07 bits per heavy atom. The van der Waals surface area contributed by atoms with Crippen molar-refractivity contribution in [3.05, 3.63) is 46.6 Å². The Morgan fingerprint density at radius 2 is 1.66 bits per heavy atom. The van der Waals surface area contributed by atoms with E-state index in [-0.39, 0.29) is 27.9 Å². The van der Waals surface area contributed by atoms with Crippen LogP contribution in [0.15, 0.2) is 24.7 Å². The van der Waals surface area contributed by atoms with E-state index in [1.807, 2.05) is 19.9 Å². The summed E-state index contributed by atoms with van der Waals surface area (Å²) in [5.74, 6) is 0.383. The van der Waals surface area contributed by atoms with E-state index in [1.165, 1.54) is 19.6 Å². The molecule has 3 aromatic heterocycles. The van der Waals surface area contributed by atoms with Crippen molar-refractivity contribution in [3.63, 3.8) is 0 Å². The number of benzene rings is 1. The van der Waals surface area contributed by atoms with E-state index in [2.05, 4.69) is 11.1 Å². The predicted octanol–water partition coefficient (Wildman–Crippen LogP) is 5.32. The van der Waals surface area contributed by atoms with E-state index >= 15 is 0 Å². The van der Waals surface area contributed by atoms with Crippen molar-refractivity contribution < 1.29 is 28.5 Å². The summed E-state index contributed by atoms with van der Waals surface area (Å²) in [7, 11) is 3.20. The van der Waals surface area contributed by atoms with E-state index in [0.29, 0.717) is 32.1 Å². The third-order valence-corrected chi connectivity index (χ3v) is 6.27. The summed E-state index contributed by atoms with van der Waals surface area (Å²) in [4.78, 5) is 32.8. The van der Waals surface area contributed by atoms with Gasteiger partial charge in [0.15, 0.2) is 17.7 Å².